The summed E-state index contributed by atoms with van der Waals surface area (Å²) in [6, 6.07) is 0.558. The first-order valence-corrected chi connectivity index (χ1v) is 7.49. The third-order valence-electron chi connectivity index (χ3n) is 4.01. The lowest BCUT2D eigenvalue weighted by atomic mass is 10.1. The lowest BCUT2D eigenvalue weighted by Gasteiger charge is -2.15. The molecule has 0 aliphatic rings. The van der Waals surface area contributed by atoms with Crippen LogP contribution >= 0.6 is 0 Å². The summed E-state index contributed by atoms with van der Waals surface area (Å²) in [6.07, 6.45) is -10.0. The maximum absolute atomic E-state index is 13.8. The van der Waals surface area contributed by atoms with Crippen molar-refractivity contribution in [2.45, 2.75) is 25.3 Å². The Morgan fingerprint density at radius 1 is 1.04 bits per heavy atom. The quantitative estimate of drug-likeness (QED) is 0.637. The summed E-state index contributed by atoms with van der Waals surface area (Å²) in [4.78, 5) is 27.0. The van der Waals surface area contributed by atoms with Crippen molar-refractivity contribution in [1.29, 1.82) is 0 Å². The fraction of sp³-hybridized carbons (Fsp3) is 0.267. The number of halogens is 7. The highest BCUT2D eigenvalue weighted by atomic mass is 19.4. The van der Waals surface area contributed by atoms with Crippen LogP contribution in [0.1, 0.15) is 29.8 Å². The molecule has 28 heavy (non-hydrogen) atoms. The fourth-order valence-electron chi connectivity index (χ4n) is 2.71. The standard InChI is InChI=1S/C15H9F7N4O2/c1-5(6-2-3-7(8(16)4-6)14(17,18)19)26-11-9(10(25-26)15(20,21)22)12(27)24-13(28)23-11/h2-5H,1H3,(H2,23,24,27,28)/t5-/m1/s1. The van der Waals surface area contributed by atoms with Crippen LogP contribution in [-0.4, -0.2) is 19.7 Å². The van der Waals surface area contributed by atoms with Gasteiger partial charge in [-0.05, 0) is 24.6 Å². The van der Waals surface area contributed by atoms with Crippen LogP contribution in [0.4, 0.5) is 30.7 Å². The minimum absolute atomic E-state index is 0.162. The van der Waals surface area contributed by atoms with Crippen LogP contribution in [-0.2, 0) is 12.4 Å². The number of hydrogen-bond acceptors (Lipinski definition) is 3. The van der Waals surface area contributed by atoms with Crippen LogP contribution in [0.3, 0.4) is 0 Å². The van der Waals surface area contributed by atoms with Gasteiger partial charge < -0.3 is 0 Å². The summed E-state index contributed by atoms with van der Waals surface area (Å²) in [5.41, 5.74) is -6.37. The Morgan fingerprint density at radius 3 is 2.21 bits per heavy atom. The highest BCUT2D eigenvalue weighted by Crippen LogP contribution is 2.35. The lowest BCUT2D eigenvalue weighted by Crippen LogP contribution is -2.24. The number of aromatic nitrogens is 4. The summed E-state index contributed by atoms with van der Waals surface area (Å²) < 4.78 is 92.1. The van der Waals surface area contributed by atoms with E-state index in [-0.39, 0.29) is 5.56 Å². The largest absolute Gasteiger partial charge is 0.436 e. The minimum Gasteiger partial charge on any atom is -0.291 e. The number of hydrogen-bond donors (Lipinski definition) is 2. The van der Waals surface area contributed by atoms with Crippen molar-refractivity contribution in [2.24, 2.45) is 0 Å². The van der Waals surface area contributed by atoms with E-state index in [1.54, 1.807) is 4.98 Å². The second-order valence-corrected chi connectivity index (χ2v) is 5.84. The predicted molar refractivity (Wildman–Crippen MR) is 81.2 cm³/mol. The molecule has 0 unspecified atom stereocenters. The van der Waals surface area contributed by atoms with E-state index in [9.17, 15) is 40.3 Å². The van der Waals surface area contributed by atoms with E-state index in [1.807, 2.05) is 4.98 Å². The maximum atomic E-state index is 13.8. The Kier molecular flexibility index (Phi) is 4.35. The van der Waals surface area contributed by atoms with Gasteiger partial charge in [0.2, 0.25) is 0 Å². The molecule has 0 amide bonds. The molecule has 0 saturated carbocycles. The highest BCUT2D eigenvalue weighted by molar-refractivity contribution is 5.77. The molecule has 150 valence electrons. The van der Waals surface area contributed by atoms with Crippen molar-refractivity contribution in [2.75, 3.05) is 0 Å². The summed E-state index contributed by atoms with van der Waals surface area (Å²) in [5, 5.41) is 2.34. The zero-order chi connectivity index (χ0) is 21.0. The summed E-state index contributed by atoms with van der Waals surface area (Å²) in [5.74, 6) is -1.63. The Hall–Kier alpha value is -3.12. The number of nitrogens with zero attached hydrogens (tertiary/aromatic N) is 2. The van der Waals surface area contributed by atoms with Gasteiger partial charge in [0.05, 0.1) is 11.6 Å². The number of aromatic amines is 2. The van der Waals surface area contributed by atoms with Gasteiger partial charge in [0.25, 0.3) is 5.56 Å². The average molecular weight is 410 g/mol. The molecule has 2 heterocycles. The van der Waals surface area contributed by atoms with Crippen LogP contribution < -0.4 is 11.2 Å². The molecular formula is C15H9F7N4O2. The molecule has 0 aliphatic carbocycles. The third-order valence-corrected chi connectivity index (χ3v) is 4.01. The van der Waals surface area contributed by atoms with Gasteiger partial charge in [0.1, 0.15) is 16.9 Å². The first-order valence-electron chi connectivity index (χ1n) is 7.49. The van der Waals surface area contributed by atoms with Crippen molar-refractivity contribution in [3.05, 3.63) is 61.7 Å². The van der Waals surface area contributed by atoms with Gasteiger partial charge in [-0.25, -0.2) is 13.9 Å². The molecular weight excluding hydrogens is 401 g/mol. The summed E-state index contributed by atoms with van der Waals surface area (Å²) in [7, 11) is 0. The van der Waals surface area contributed by atoms with Crippen molar-refractivity contribution in [1.82, 2.24) is 19.7 Å². The highest BCUT2D eigenvalue weighted by Gasteiger charge is 2.39. The molecule has 0 saturated heterocycles. The Morgan fingerprint density at radius 2 is 1.68 bits per heavy atom. The molecule has 3 aromatic rings. The van der Waals surface area contributed by atoms with Gasteiger partial charge in [-0.2, -0.15) is 31.4 Å². The van der Waals surface area contributed by atoms with E-state index in [4.69, 9.17) is 0 Å². The van der Waals surface area contributed by atoms with Crippen molar-refractivity contribution < 1.29 is 30.7 Å². The number of rotatable bonds is 2. The molecule has 0 fully saturated rings. The van der Waals surface area contributed by atoms with Crippen LogP contribution in [0, 0.1) is 5.82 Å². The van der Waals surface area contributed by atoms with Crippen molar-refractivity contribution in [3.8, 4) is 0 Å². The van der Waals surface area contributed by atoms with E-state index < -0.39 is 57.8 Å². The average Bonchev–Trinajstić information content (AvgIpc) is 2.92. The SMILES string of the molecule is C[C@H](c1ccc(C(F)(F)F)c(F)c1)n1nc(C(F)(F)F)c2c(=O)[nH]c(=O)[nH]c21. The maximum Gasteiger partial charge on any atom is 0.436 e. The number of nitrogens with one attached hydrogen (secondary N) is 2. The molecule has 3 rings (SSSR count). The monoisotopic (exact) mass is 410 g/mol. The zero-order valence-electron chi connectivity index (χ0n) is 13.7. The van der Waals surface area contributed by atoms with E-state index in [0.29, 0.717) is 16.8 Å². The molecule has 2 aromatic heterocycles. The smallest absolute Gasteiger partial charge is 0.291 e. The van der Waals surface area contributed by atoms with Gasteiger partial charge in [0, 0.05) is 0 Å². The fourth-order valence-corrected chi connectivity index (χ4v) is 2.71. The predicted octanol–water partition coefficient (Wildman–Crippen LogP) is 3.20. The summed E-state index contributed by atoms with van der Waals surface area (Å²) >= 11 is 0. The number of fused-ring (bicyclic) bond motifs is 1. The van der Waals surface area contributed by atoms with Gasteiger partial charge in [-0.3, -0.25) is 14.8 Å². The van der Waals surface area contributed by atoms with Crippen LogP contribution in [0.2, 0.25) is 0 Å². The van der Waals surface area contributed by atoms with Crippen LogP contribution in [0.5, 0.6) is 0 Å². The first kappa shape index (κ1) is 19.6. The van der Waals surface area contributed by atoms with Crippen LogP contribution in [0.15, 0.2) is 27.8 Å². The van der Waals surface area contributed by atoms with E-state index in [2.05, 4.69) is 5.10 Å². The van der Waals surface area contributed by atoms with Gasteiger partial charge in [-0.1, -0.05) is 6.07 Å². The topological polar surface area (TPSA) is 83.5 Å². The molecule has 2 N–H and O–H groups in total. The zero-order valence-corrected chi connectivity index (χ0v) is 13.7. The first-order chi connectivity index (χ1) is 12.8. The Bertz CT molecular complexity index is 1170. The minimum atomic E-state index is -5.06. The van der Waals surface area contributed by atoms with Crippen molar-refractivity contribution in [3.63, 3.8) is 0 Å². The molecule has 1 aromatic carbocycles. The van der Waals surface area contributed by atoms with Gasteiger partial charge in [-0.15, -0.1) is 0 Å². The second kappa shape index (κ2) is 6.21. The molecule has 0 radical (unpaired) electrons. The Balaban J connectivity index is 2.23. The van der Waals surface area contributed by atoms with E-state index in [0.717, 1.165) is 6.07 Å². The summed E-state index contributed by atoms with van der Waals surface area (Å²) in [6.45, 7) is 1.22. The van der Waals surface area contributed by atoms with Crippen molar-refractivity contribution >= 4 is 11.0 Å². The molecule has 0 aliphatic heterocycles. The number of H-pyrrole nitrogens is 2. The lowest BCUT2D eigenvalue weighted by molar-refractivity contribution is -0.141. The second-order valence-electron chi connectivity index (χ2n) is 5.84. The molecule has 6 nitrogen and oxygen atoms in total. The Labute approximate surface area is 149 Å². The van der Waals surface area contributed by atoms with E-state index in [1.165, 1.54) is 6.92 Å². The third kappa shape index (κ3) is 3.27. The number of alkyl halides is 6. The van der Waals surface area contributed by atoms with Gasteiger partial charge >= 0.3 is 18.0 Å². The number of benzene rings is 1. The van der Waals surface area contributed by atoms with Gasteiger partial charge in [0.15, 0.2) is 5.69 Å². The van der Waals surface area contributed by atoms with Crippen LogP contribution in [0.25, 0.3) is 11.0 Å². The molecule has 0 spiro atoms. The molecule has 0 bridgehead atoms. The van der Waals surface area contributed by atoms with E-state index >= 15 is 0 Å². The normalized spacial score (nSPS) is 13.9. The molecule has 13 heteroatoms. The molecule has 1 atom stereocenters.